The summed E-state index contributed by atoms with van der Waals surface area (Å²) in [5.41, 5.74) is 4.35. The highest BCUT2D eigenvalue weighted by Crippen LogP contribution is 2.45. The van der Waals surface area contributed by atoms with Gasteiger partial charge in [-0.1, -0.05) is 79.2 Å². The number of aromatic nitrogens is 2. The van der Waals surface area contributed by atoms with Gasteiger partial charge < -0.3 is 15.4 Å². The van der Waals surface area contributed by atoms with E-state index in [-0.39, 0.29) is 5.97 Å². The second-order valence-corrected chi connectivity index (χ2v) is 8.80. The molecule has 6 nitrogen and oxygen atoms in total. The number of benzene rings is 3. The molecule has 1 aromatic heterocycles. The van der Waals surface area contributed by atoms with Gasteiger partial charge in [0.1, 0.15) is 5.82 Å². The van der Waals surface area contributed by atoms with Crippen LogP contribution in [0.5, 0.6) is 0 Å². The Balaban J connectivity index is 1.40. The maximum Gasteiger partial charge on any atom is 0.316 e. The van der Waals surface area contributed by atoms with Crippen LogP contribution < -0.4 is 10.6 Å². The van der Waals surface area contributed by atoms with Crippen molar-refractivity contribution in [2.75, 3.05) is 17.7 Å². The molecule has 3 aromatic carbocycles. The van der Waals surface area contributed by atoms with E-state index in [0.29, 0.717) is 12.5 Å². The molecule has 1 heterocycles. The Morgan fingerprint density at radius 1 is 0.914 bits per heavy atom. The lowest BCUT2D eigenvalue weighted by Gasteiger charge is -2.39. The van der Waals surface area contributed by atoms with Gasteiger partial charge >= 0.3 is 5.97 Å². The molecule has 6 heteroatoms. The fraction of sp³-hybridized carbons (Fsp3) is 0.207. The van der Waals surface area contributed by atoms with Crippen LogP contribution in [0.3, 0.4) is 0 Å². The van der Waals surface area contributed by atoms with Crippen LogP contribution in [0, 0.1) is 0 Å². The Kier molecular flexibility index (Phi) is 6.44. The minimum Gasteiger partial charge on any atom is -0.468 e. The smallest absolute Gasteiger partial charge is 0.316 e. The highest BCUT2D eigenvalue weighted by atomic mass is 16.5. The monoisotopic (exact) mass is 464 g/mol. The number of anilines is 3. The molecule has 0 unspecified atom stereocenters. The average molecular weight is 465 g/mol. The van der Waals surface area contributed by atoms with Gasteiger partial charge in [-0.3, -0.25) is 4.79 Å². The molecule has 0 saturated heterocycles. The van der Waals surface area contributed by atoms with Crippen molar-refractivity contribution < 1.29 is 9.53 Å². The summed E-state index contributed by atoms with van der Waals surface area (Å²) in [4.78, 5) is 21.9. The zero-order valence-electron chi connectivity index (χ0n) is 19.7. The van der Waals surface area contributed by atoms with Crippen molar-refractivity contribution in [2.24, 2.45) is 0 Å². The zero-order chi connectivity index (χ0) is 24.1. The lowest BCUT2D eigenvalue weighted by atomic mass is 9.64. The van der Waals surface area contributed by atoms with E-state index in [1.807, 2.05) is 78.9 Å². The first kappa shape index (κ1) is 22.6. The van der Waals surface area contributed by atoms with Crippen LogP contribution in [0.25, 0.3) is 11.3 Å². The molecule has 0 aliphatic heterocycles. The molecule has 5 rings (SSSR count). The molecule has 1 aliphatic carbocycles. The molecular formula is C29H28N4O2. The number of hydrogen-bond acceptors (Lipinski definition) is 6. The summed E-state index contributed by atoms with van der Waals surface area (Å²) in [6, 6.07) is 30.2. The third kappa shape index (κ3) is 4.87. The minimum absolute atomic E-state index is 0.155. The predicted molar refractivity (Wildman–Crippen MR) is 139 cm³/mol. The predicted octanol–water partition coefficient (Wildman–Crippen LogP) is 6.09. The first-order valence-electron chi connectivity index (χ1n) is 11.8. The van der Waals surface area contributed by atoms with Crippen molar-refractivity contribution in [1.29, 1.82) is 0 Å². The second kappa shape index (κ2) is 9.97. The standard InChI is InChI=1S/C29H28N4O2/c1-35-27(34)29(17-8-18-29)23-13-15-24(16-14-23)31-28-32-25(22-11-6-3-7-12-22)19-26(33-28)30-20-21-9-4-2-5-10-21/h2-7,9-16,19H,8,17-18,20H2,1H3,(H2,30,31,32,33). The van der Waals surface area contributed by atoms with Crippen LogP contribution in [0.2, 0.25) is 0 Å². The van der Waals surface area contributed by atoms with Crippen LogP contribution in [0.4, 0.5) is 17.5 Å². The topological polar surface area (TPSA) is 76.1 Å². The summed E-state index contributed by atoms with van der Waals surface area (Å²) in [6.45, 7) is 0.663. The molecule has 0 bridgehead atoms. The lowest BCUT2D eigenvalue weighted by molar-refractivity contribution is -0.151. The average Bonchev–Trinajstić information content (AvgIpc) is 2.89. The molecular weight excluding hydrogens is 436 g/mol. The normalized spacial score (nSPS) is 14.0. The molecule has 35 heavy (non-hydrogen) atoms. The highest BCUT2D eigenvalue weighted by Gasteiger charge is 2.46. The Hall–Kier alpha value is -4.19. The fourth-order valence-corrected chi connectivity index (χ4v) is 4.48. The van der Waals surface area contributed by atoms with Gasteiger partial charge in [0.15, 0.2) is 0 Å². The Labute approximate surface area is 205 Å². The largest absolute Gasteiger partial charge is 0.468 e. The van der Waals surface area contributed by atoms with Crippen LogP contribution >= 0.6 is 0 Å². The summed E-state index contributed by atoms with van der Waals surface area (Å²) in [7, 11) is 1.46. The van der Waals surface area contributed by atoms with E-state index in [2.05, 4.69) is 22.8 Å². The van der Waals surface area contributed by atoms with Crippen LogP contribution in [0.15, 0.2) is 91.0 Å². The third-order valence-electron chi connectivity index (χ3n) is 6.59. The molecule has 176 valence electrons. The molecule has 1 aliphatic rings. The lowest BCUT2D eigenvalue weighted by Crippen LogP contribution is -2.43. The molecule has 2 N–H and O–H groups in total. The van der Waals surface area contributed by atoms with E-state index >= 15 is 0 Å². The molecule has 0 radical (unpaired) electrons. The summed E-state index contributed by atoms with van der Waals surface area (Å²) in [5.74, 6) is 1.08. The van der Waals surface area contributed by atoms with Gasteiger partial charge in [-0.15, -0.1) is 0 Å². The van der Waals surface area contributed by atoms with E-state index in [9.17, 15) is 4.79 Å². The Morgan fingerprint density at radius 3 is 2.23 bits per heavy atom. The summed E-state index contributed by atoms with van der Waals surface area (Å²) in [5, 5.41) is 6.75. The van der Waals surface area contributed by atoms with E-state index in [1.54, 1.807) is 0 Å². The number of rotatable bonds is 8. The van der Waals surface area contributed by atoms with Crippen LogP contribution in [-0.2, 0) is 21.5 Å². The summed E-state index contributed by atoms with van der Waals surface area (Å²) >= 11 is 0. The zero-order valence-corrected chi connectivity index (χ0v) is 19.7. The van der Waals surface area contributed by atoms with Gasteiger partial charge in [-0.05, 0) is 36.1 Å². The quantitative estimate of drug-likeness (QED) is 0.307. The number of carbonyl (C=O) groups excluding carboxylic acids is 1. The van der Waals surface area contributed by atoms with E-state index in [4.69, 9.17) is 14.7 Å². The number of methoxy groups -OCH3 is 1. The number of carbonyl (C=O) groups is 1. The maximum absolute atomic E-state index is 12.4. The highest BCUT2D eigenvalue weighted by molar-refractivity contribution is 5.84. The number of nitrogens with zero attached hydrogens (tertiary/aromatic N) is 2. The third-order valence-corrected chi connectivity index (χ3v) is 6.59. The number of ether oxygens (including phenoxy) is 1. The Morgan fingerprint density at radius 2 is 1.60 bits per heavy atom. The van der Waals surface area contributed by atoms with Gasteiger partial charge in [0, 0.05) is 23.9 Å². The van der Waals surface area contributed by atoms with Crippen molar-refractivity contribution in [1.82, 2.24) is 9.97 Å². The van der Waals surface area contributed by atoms with Gasteiger partial charge in [-0.25, -0.2) is 4.98 Å². The van der Waals surface area contributed by atoms with Gasteiger partial charge in [0.05, 0.1) is 18.2 Å². The van der Waals surface area contributed by atoms with Crippen molar-refractivity contribution in [3.63, 3.8) is 0 Å². The van der Waals surface area contributed by atoms with Gasteiger partial charge in [0.25, 0.3) is 0 Å². The SMILES string of the molecule is COC(=O)C1(c2ccc(Nc3nc(NCc4ccccc4)cc(-c4ccccc4)n3)cc2)CCC1. The van der Waals surface area contributed by atoms with Gasteiger partial charge in [-0.2, -0.15) is 4.98 Å². The fourth-order valence-electron chi connectivity index (χ4n) is 4.48. The molecule has 0 amide bonds. The summed E-state index contributed by atoms with van der Waals surface area (Å²) < 4.78 is 5.08. The number of nitrogens with one attached hydrogen (secondary N) is 2. The second-order valence-electron chi connectivity index (χ2n) is 8.80. The van der Waals surface area contributed by atoms with E-state index in [0.717, 1.165) is 47.6 Å². The van der Waals surface area contributed by atoms with Crippen molar-refractivity contribution >= 4 is 23.4 Å². The first-order chi connectivity index (χ1) is 17.2. The number of esters is 1. The van der Waals surface area contributed by atoms with Crippen LogP contribution in [0.1, 0.15) is 30.4 Å². The molecule has 0 spiro atoms. The van der Waals surface area contributed by atoms with Crippen molar-refractivity contribution in [3.8, 4) is 11.3 Å². The summed E-state index contributed by atoms with van der Waals surface area (Å²) in [6.07, 6.45) is 2.68. The number of hydrogen-bond donors (Lipinski definition) is 2. The van der Waals surface area contributed by atoms with E-state index in [1.165, 1.54) is 12.7 Å². The molecule has 0 atom stereocenters. The molecule has 4 aromatic rings. The van der Waals surface area contributed by atoms with E-state index < -0.39 is 5.41 Å². The maximum atomic E-state index is 12.4. The molecule has 1 fully saturated rings. The minimum atomic E-state index is -0.508. The van der Waals surface area contributed by atoms with Crippen molar-refractivity contribution in [3.05, 3.63) is 102 Å². The first-order valence-corrected chi connectivity index (χ1v) is 11.8. The van der Waals surface area contributed by atoms with Gasteiger partial charge in [0.2, 0.25) is 5.95 Å². The molecule has 1 saturated carbocycles. The Bertz CT molecular complexity index is 1290. The van der Waals surface area contributed by atoms with Crippen molar-refractivity contribution in [2.45, 2.75) is 31.2 Å². The van der Waals surface area contributed by atoms with Crippen LogP contribution in [-0.4, -0.2) is 23.0 Å².